The second kappa shape index (κ2) is 6.07. The Morgan fingerprint density at radius 2 is 2.06 bits per heavy atom. The number of halogens is 3. The molecule has 0 bridgehead atoms. The van der Waals surface area contributed by atoms with Crippen LogP contribution in [0.3, 0.4) is 0 Å². The fourth-order valence-electron chi connectivity index (χ4n) is 2.92. The van der Waals surface area contributed by atoms with E-state index in [1.165, 1.54) is 0 Å². The number of hydrogen-bond acceptors (Lipinski definition) is 1. The van der Waals surface area contributed by atoms with Crippen molar-refractivity contribution >= 4 is 0 Å². The molecule has 1 aliphatic heterocycles. The maximum Gasteiger partial charge on any atom is 0.389 e. The first-order valence-electron chi connectivity index (χ1n) is 6.65. The second-order valence-electron chi connectivity index (χ2n) is 5.56. The SMILES string of the molecule is CCCC1CNCCC1(C)CCCC(F)(F)F. The summed E-state index contributed by atoms with van der Waals surface area (Å²) in [5.74, 6) is 0.537. The van der Waals surface area contributed by atoms with Crippen LogP contribution in [0.1, 0.15) is 52.4 Å². The molecule has 4 heteroatoms. The van der Waals surface area contributed by atoms with Crippen LogP contribution >= 0.6 is 0 Å². The number of rotatable bonds is 5. The third kappa shape index (κ3) is 4.86. The third-order valence-corrected chi connectivity index (χ3v) is 4.09. The summed E-state index contributed by atoms with van der Waals surface area (Å²) in [4.78, 5) is 0. The third-order valence-electron chi connectivity index (χ3n) is 4.09. The van der Waals surface area contributed by atoms with Gasteiger partial charge in [0.2, 0.25) is 0 Å². The Labute approximate surface area is 102 Å². The Kier molecular flexibility index (Phi) is 5.29. The molecule has 1 N–H and O–H groups in total. The van der Waals surface area contributed by atoms with E-state index in [2.05, 4.69) is 19.2 Å². The number of hydrogen-bond donors (Lipinski definition) is 1. The van der Waals surface area contributed by atoms with E-state index < -0.39 is 12.6 Å². The Balaban J connectivity index is 2.45. The molecule has 102 valence electrons. The number of piperidine rings is 1. The minimum atomic E-state index is -4.00. The van der Waals surface area contributed by atoms with Gasteiger partial charge in [0.15, 0.2) is 0 Å². The Hall–Kier alpha value is -0.250. The minimum Gasteiger partial charge on any atom is -0.316 e. The van der Waals surface area contributed by atoms with E-state index in [-0.39, 0.29) is 11.8 Å². The fourth-order valence-corrected chi connectivity index (χ4v) is 2.92. The lowest BCUT2D eigenvalue weighted by Gasteiger charge is -2.42. The minimum absolute atomic E-state index is 0.104. The summed E-state index contributed by atoms with van der Waals surface area (Å²) in [5, 5.41) is 3.36. The largest absolute Gasteiger partial charge is 0.389 e. The van der Waals surface area contributed by atoms with Gasteiger partial charge in [-0.2, -0.15) is 13.2 Å². The molecule has 0 aliphatic carbocycles. The van der Waals surface area contributed by atoms with Crippen molar-refractivity contribution in [3.05, 3.63) is 0 Å². The number of alkyl halides is 3. The van der Waals surface area contributed by atoms with Gasteiger partial charge in [0, 0.05) is 6.42 Å². The quantitative estimate of drug-likeness (QED) is 0.774. The molecule has 0 aromatic heterocycles. The highest BCUT2D eigenvalue weighted by Crippen LogP contribution is 2.41. The molecule has 0 spiro atoms. The molecule has 2 atom stereocenters. The highest BCUT2D eigenvalue weighted by atomic mass is 19.4. The summed E-state index contributed by atoms with van der Waals surface area (Å²) >= 11 is 0. The van der Waals surface area contributed by atoms with Gasteiger partial charge in [0.1, 0.15) is 0 Å². The lowest BCUT2D eigenvalue weighted by Crippen LogP contribution is -2.43. The van der Waals surface area contributed by atoms with Gasteiger partial charge in [-0.25, -0.2) is 0 Å². The van der Waals surface area contributed by atoms with Crippen molar-refractivity contribution in [2.24, 2.45) is 11.3 Å². The van der Waals surface area contributed by atoms with Gasteiger partial charge in [-0.05, 0) is 50.1 Å². The van der Waals surface area contributed by atoms with E-state index >= 15 is 0 Å². The van der Waals surface area contributed by atoms with E-state index in [0.717, 1.165) is 32.4 Å². The van der Waals surface area contributed by atoms with Crippen LogP contribution < -0.4 is 5.32 Å². The van der Waals surface area contributed by atoms with Crippen molar-refractivity contribution in [1.82, 2.24) is 5.32 Å². The summed E-state index contributed by atoms with van der Waals surface area (Å²) in [7, 11) is 0. The smallest absolute Gasteiger partial charge is 0.316 e. The van der Waals surface area contributed by atoms with Crippen molar-refractivity contribution in [3.63, 3.8) is 0 Å². The van der Waals surface area contributed by atoms with Gasteiger partial charge < -0.3 is 5.32 Å². The molecule has 1 aliphatic rings. The lowest BCUT2D eigenvalue weighted by molar-refractivity contribution is -0.137. The normalized spacial score (nSPS) is 30.5. The van der Waals surface area contributed by atoms with Crippen molar-refractivity contribution in [3.8, 4) is 0 Å². The van der Waals surface area contributed by atoms with Crippen LogP contribution in [0.5, 0.6) is 0 Å². The van der Waals surface area contributed by atoms with Crippen LogP contribution in [0.2, 0.25) is 0 Å². The zero-order valence-electron chi connectivity index (χ0n) is 10.9. The predicted octanol–water partition coefficient (Wildman–Crippen LogP) is 4.13. The van der Waals surface area contributed by atoms with Crippen LogP contribution in [-0.4, -0.2) is 19.3 Å². The topological polar surface area (TPSA) is 12.0 Å². The zero-order valence-corrected chi connectivity index (χ0v) is 10.9. The monoisotopic (exact) mass is 251 g/mol. The van der Waals surface area contributed by atoms with E-state index in [9.17, 15) is 13.2 Å². The van der Waals surface area contributed by atoms with Crippen LogP contribution in [0.4, 0.5) is 13.2 Å². The maximum atomic E-state index is 12.2. The van der Waals surface area contributed by atoms with E-state index in [4.69, 9.17) is 0 Å². The average molecular weight is 251 g/mol. The lowest BCUT2D eigenvalue weighted by atomic mass is 9.67. The van der Waals surface area contributed by atoms with Crippen LogP contribution in [0.25, 0.3) is 0 Å². The Morgan fingerprint density at radius 3 is 2.65 bits per heavy atom. The Morgan fingerprint density at radius 1 is 1.35 bits per heavy atom. The molecule has 0 amide bonds. The van der Waals surface area contributed by atoms with Crippen LogP contribution in [-0.2, 0) is 0 Å². The molecule has 1 heterocycles. The van der Waals surface area contributed by atoms with Crippen LogP contribution in [0.15, 0.2) is 0 Å². The summed E-state index contributed by atoms with van der Waals surface area (Å²) in [5.41, 5.74) is 0.104. The fraction of sp³-hybridized carbons (Fsp3) is 1.00. The van der Waals surface area contributed by atoms with Gasteiger partial charge in [-0.1, -0.05) is 20.3 Å². The second-order valence-corrected chi connectivity index (χ2v) is 5.56. The first kappa shape index (κ1) is 14.8. The van der Waals surface area contributed by atoms with Crippen molar-refractivity contribution in [2.75, 3.05) is 13.1 Å². The van der Waals surface area contributed by atoms with Gasteiger partial charge in [-0.15, -0.1) is 0 Å². The molecule has 1 rings (SSSR count). The number of nitrogens with one attached hydrogen (secondary N) is 1. The van der Waals surface area contributed by atoms with Crippen LogP contribution in [0, 0.1) is 11.3 Å². The first-order valence-corrected chi connectivity index (χ1v) is 6.65. The van der Waals surface area contributed by atoms with Crippen molar-refractivity contribution < 1.29 is 13.2 Å². The van der Waals surface area contributed by atoms with E-state index in [1.54, 1.807) is 0 Å². The van der Waals surface area contributed by atoms with E-state index in [0.29, 0.717) is 12.3 Å². The first-order chi connectivity index (χ1) is 7.87. The predicted molar refractivity (Wildman–Crippen MR) is 63.9 cm³/mol. The molecule has 0 saturated carbocycles. The molecule has 0 aromatic rings. The summed E-state index contributed by atoms with van der Waals surface area (Å²) < 4.78 is 36.5. The molecular weight excluding hydrogens is 227 g/mol. The standard InChI is InChI=1S/C13H24F3N/c1-3-5-11-10-17-9-8-12(11,2)6-4-7-13(14,15)16/h11,17H,3-10H2,1-2H3. The zero-order chi connectivity index (χ0) is 12.9. The highest BCUT2D eigenvalue weighted by molar-refractivity contribution is 4.88. The molecule has 0 aromatic carbocycles. The van der Waals surface area contributed by atoms with Gasteiger partial charge in [0.25, 0.3) is 0 Å². The van der Waals surface area contributed by atoms with Gasteiger partial charge in [-0.3, -0.25) is 0 Å². The average Bonchev–Trinajstić information content (AvgIpc) is 2.20. The highest BCUT2D eigenvalue weighted by Gasteiger charge is 2.36. The maximum absolute atomic E-state index is 12.2. The molecule has 1 fully saturated rings. The summed E-state index contributed by atoms with van der Waals surface area (Å²) in [6.07, 6.45) is -0.399. The Bertz CT molecular complexity index is 225. The molecule has 2 unspecified atom stereocenters. The molecule has 1 saturated heterocycles. The van der Waals surface area contributed by atoms with Crippen molar-refractivity contribution in [1.29, 1.82) is 0 Å². The van der Waals surface area contributed by atoms with Gasteiger partial charge in [0.05, 0.1) is 0 Å². The van der Waals surface area contributed by atoms with Crippen molar-refractivity contribution in [2.45, 2.75) is 58.5 Å². The molecule has 0 radical (unpaired) electrons. The summed E-state index contributed by atoms with van der Waals surface area (Å²) in [6, 6.07) is 0. The van der Waals surface area contributed by atoms with Gasteiger partial charge >= 0.3 is 6.18 Å². The molecular formula is C13H24F3N. The van der Waals surface area contributed by atoms with E-state index in [1.807, 2.05) is 0 Å². The molecule has 1 nitrogen and oxygen atoms in total. The molecule has 17 heavy (non-hydrogen) atoms. The summed E-state index contributed by atoms with van der Waals surface area (Å²) in [6.45, 7) is 6.23.